The first kappa shape index (κ1) is 14.5. The molecule has 2 nitrogen and oxygen atoms in total. The van der Waals surface area contributed by atoms with Crippen LogP contribution in [-0.2, 0) is 6.42 Å². The van der Waals surface area contributed by atoms with E-state index in [1.807, 2.05) is 0 Å². The van der Waals surface area contributed by atoms with Gasteiger partial charge in [-0.05, 0) is 77.8 Å². The Hall–Kier alpha value is -0.860. The van der Waals surface area contributed by atoms with E-state index in [4.69, 9.17) is 0 Å². The fraction of sp³-hybridized carbons (Fsp3) is 0.647. The molecule has 1 aliphatic heterocycles. The predicted molar refractivity (Wildman–Crippen MR) is 82.8 cm³/mol. The van der Waals surface area contributed by atoms with E-state index >= 15 is 0 Å². The van der Waals surface area contributed by atoms with Crippen molar-refractivity contribution in [1.29, 1.82) is 0 Å². The summed E-state index contributed by atoms with van der Waals surface area (Å²) in [5, 5.41) is 3.62. The van der Waals surface area contributed by atoms with Gasteiger partial charge in [-0.1, -0.05) is 23.8 Å². The van der Waals surface area contributed by atoms with Gasteiger partial charge in [0.1, 0.15) is 0 Å². The molecule has 106 valence electrons. The Morgan fingerprint density at radius 1 is 1.21 bits per heavy atom. The Labute approximate surface area is 118 Å². The van der Waals surface area contributed by atoms with Crippen LogP contribution in [0.2, 0.25) is 0 Å². The molecule has 0 amide bonds. The van der Waals surface area contributed by atoms with Crippen LogP contribution in [0.5, 0.6) is 0 Å². The zero-order chi connectivity index (χ0) is 13.9. The third kappa shape index (κ3) is 3.58. The van der Waals surface area contributed by atoms with Crippen molar-refractivity contribution >= 4 is 0 Å². The molecule has 0 unspecified atom stereocenters. The Morgan fingerprint density at radius 2 is 1.89 bits per heavy atom. The Kier molecular flexibility index (Phi) is 4.64. The molecule has 0 atom stereocenters. The average Bonchev–Trinajstić information content (AvgIpc) is 2.42. The number of nitrogens with zero attached hydrogens (tertiary/aromatic N) is 1. The minimum absolute atomic E-state index is 0.350. The number of benzene rings is 1. The lowest BCUT2D eigenvalue weighted by atomic mass is 9.82. The zero-order valence-corrected chi connectivity index (χ0v) is 12.9. The van der Waals surface area contributed by atoms with Crippen molar-refractivity contribution in [3.8, 4) is 0 Å². The lowest BCUT2D eigenvalue weighted by Gasteiger charge is -2.41. The molecule has 2 heteroatoms. The number of likely N-dealkylation sites (tertiary alicyclic amines) is 1. The van der Waals surface area contributed by atoms with Crippen molar-refractivity contribution in [2.75, 3.05) is 27.2 Å². The smallest absolute Gasteiger partial charge is 0.0206 e. The van der Waals surface area contributed by atoms with Gasteiger partial charge in [0.25, 0.3) is 0 Å². The second-order valence-corrected chi connectivity index (χ2v) is 6.26. The van der Waals surface area contributed by atoms with Gasteiger partial charge in [-0.3, -0.25) is 0 Å². The van der Waals surface area contributed by atoms with E-state index in [9.17, 15) is 0 Å². The maximum absolute atomic E-state index is 3.62. The third-order valence-corrected chi connectivity index (χ3v) is 4.85. The quantitative estimate of drug-likeness (QED) is 0.895. The summed E-state index contributed by atoms with van der Waals surface area (Å²) in [6.07, 6.45) is 4.98. The van der Waals surface area contributed by atoms with Crippen LogP contribution in [0.15, 0.2) is 18.2 Å². The highest BCUT2D eigenvalue weighted by Gasteiger charge is 2.31. The highest BCUT2D eigenvalue weighted by molar-refractivity contribution is 5.30. The van der Waals surface area contributed by atoms with Crippen molar-refractivity contribution < 1.29 is 0 Å². The first-order chi connectivity index (χ1) is 9.04. The van der Waals surface area contributed by atoms with Gasteiger partial charge in [-0.15, -0.1) is 0 Å². The Bertz CT molecular complexity index is 417. The van der Waals surface area contributed by atoms with Crippen LogP contribution in [0.25, 0.3) is 0 Å². The van der Waals surface area contributed by atoms with Crippen LogP contribution in [0, 0.1) is 13.8 Å². The number of rotatable bonds is 4. The van der Waals surface area contributed by atoms with E-state index < -0.39 is 0 Å². The minimum Gasteiger partial charge on any atom is -0.314 e. The summed E-state index contributed by atoms with van der Waals surface area (Å²) in [5.74, 6) is 0. The first-order valence-corrected chi connectivity index (χ1v) is 7.48. The SMILES string of the molecule is CNC1(CCc2cc(C)ccc2C)CCN(C)CC1. The number of aryl methyl sites for hydroxylation is 3. The largest absolute Gasteiger partial charge is 0.314 e. The molecule has 1 N–H and O–H groups in total. The summed E-state index contributed by atoms with van der Waals surface area (Å²) in [6.45, 7) is 6.85. The lowest BCUT2D eigenvalue weighted by Crippen LogP contribution is -2.51. The Morgan fingerprint density at radius 3 is 2.53 bits per heavy atom. The molecule has 0 radical (unpaired) electrons. The zero-order valence-electron chi connectivity index (χ0n) is 12.9. The van der Waals surface area contributed by atoms with Crippen molar-refractivity contribution in [3.05, 3.63) is 34.9 Å². The van der Waals surface area contributed by atoms with Gasteiger partial charge in [0.15, 0.2) is 0 Å². The van der Waals surface area contributed by atoms with Crippen molar-refractivity contribution in [2.45, 2.75) is 45.1 Å². The van der Waals surface area contributed by atoms with E-state index in [1.54, 1.807) is 0 Å². The molecule has 1 fully saturated rings. The van der Waals surface area contributed by atoms with Crippen LogP contribution in [-0.4, -0.2) is 37.6 Å². The maximum Gasteiger partial charge on any atom is 0.0206 e. The molecule has 1 aromatic carbocycles. The van der Waals surface area contributed by atoms with Gasteiger partial charge >= 0.3 is 0 Å². The van der Waals surface area contributed by atoms with Crippen LogP contribution in [0.4, 0.5) is 0 Å². The second-order valence-electron chi connectivity index (χ2n) is 6.26. The molecule has 2 rings (SSSR count). The molecule has 0 aromatic heterocycles. The average molecular weight is 260 g/mol. The topological polar surface area (TPSA) is 15.3 Å². The molecule has 1 heterocycles. The molecule has 19 heavy (non-hydrogen) atoms. The van der Waals surface area contributed by atoms with E-state index in [1.165, 1.54) is 55.5 Å². The van der Waals surface area contributed by atoms with Gasteiger partial charge < -0.3 is 10.2 Å². The molecule has 1 saturated heterocycles. The van der Waals surface area contributed by atoms with Crippen LogP contribution in [0.1, 0.15) is 36.0 Å². The Balaban J connectivity index is 2.01. The van der Waals surface area contributed by atoms with E-state index in [-0.39, 0.29) is 0 Å². The summed E-state index contributed by atoms with van der Waals surface area (Å²) < 4.78 is 0. The van der Waals surface area contributed by atoms with Crippen molar-refractivity contribution in [2.24, 2.45) is 0 Å². The number of hydrogen-bond donors (Lipinski definition) is 1. The minimum atomic E-state index is 0.350. The monoisotopic (exact) mass is 260 g/mol. The van der Waals surface area contributed by atoms with Gasteiger partial charge in [-0.25, -0.2) is 0 Å². The molecule has 0 aliphatic carbocycles. The summed E-state index contributed by atoms with van der Waals surface area (Å²) in [5.41, 5.74) is 4.68. The first-order valence-electron chi connectivity index (χ1n) is 7.48. The lowest BCUT2D eigenvalue weighted by molar-refractivity contribution is 0.156. The summed E-state index contributed by atoms with van der Waals surface area (Å²) in [7, 11) is 4.36. The van der Waals surface area contributed by atoms with Gasteiger partial charge in [0.05, 0.1) is 0 Å². The molecular formula is C17H28N2. The number of nitrogens with one attached hydrogen (secondary N) is 1. The summed E-state index contributed by atoms with van der Waals surface area (Å²) in [4.78, 5) is 2.44. The molecule has 0 saturated carbocycles. The number of hydrogen-bond acceptors (Lipinski definition) is 2. The molecule has 1 aromatic rings. The fourth-order valence-corrected chi connectivity index (χ4v) is 3.12. The maximum atomic E-state index is 3.62. The van der Waals surface area contributed by atoms with E-state index in [2.05, 4.69) is 56.4 Å². The molecule has 0 spiro atoms. The number of piperidine rings is 1. The predicted octanol–water partition coefficient (Wildman–Crippen LogP) is 2.92. The van der Waals surface area contributed by atoms with Crippen LogP contribution < -0.4 is 5.32 Å². The van der Waals surface area contributed by atoms with Crippen molar-refractivity contribution in [1.82, 2.24) is 10.2 Å². The summed E-state index contributed by atoms with van der Waals surface area (Å²) in [6, 6.07) is 6.82. The molecular weight excluding hydrogens is 232 g/mol. The van der Waals surface area contributed by atoms with E-state index in [0.717, 1.165) is 0 Å². The van der Waals surface area contributed by atoms with E-state index in [0.29, 0.717) is 5.54 Å². The fourth-order valence-electron chi connectivity index (χ4n) is 3.12. The normalized spacial score (nSPS) is 19.6. The van der Waals surface area contributed by atoms with Crippen LogP contribution >= 0.6 is 0 Å². The third-order valence-electron chi connectivity index (χ3n) is 4.85. The second kappa shape index (κ2) is 6.06. The van der Waals surface area contributed by atoms with Crippen LogP contribution in [0.3, 0.4) is 0 Å². The molecule has 0 bridgehead atoms. The van der Waals surface area contributed by atoms with Gasteiger partial charge in [0.2, 0.25) is 0 Å². The van der Waals surface area contributed by atoms with Gasteiger partial charge in [0, 0.05) is 5.54 Å². The standard InChI is InChI=1S/C17H28N2/c1-14-5-6-15(2)16(13-14)7-8-17(18-3)9-11-19(4)12-10-17/h5-6,13,18H,7-12H2,1-4H3. The van der Waals surface area contributed by atoms with Crippen molar-refractivity contribution in [3.63, 3.8) is 0 Å². The van der Waals surface area contributed by atoms with Gasteiger partial charge in [-0.2, -0.15) is 0 Å². The highest BCUT2D eigenvalue weighted by Crippen LogP contribution is 2.27. The molecule has 1 aliphatic rings. The highest BCUT2D eigenvalue weighted by atomic mass is 15.1. The summed E-state index contributed by atoms with van der Waals surface area (Å²) >= 11 is 0.